The Morgan fingerprint density at radius 1 is 0.383 bits per heavy atom. The summed E-state index contributed by atoms with van der Waals surface area (Å²) < 4.78 is 17.3. The highest BCUT2D eigenvalue weighted by Crippen LogP contribution is 2.15. The quantitative estimate of drug-likeness (QED) is 0.0347. The van der Waals surface area contributed by atoms with Gasteiger partial charge in [0.05, 0.1) is 13.0 Å². The van der Waals surface area contributed by atoms with Crippen molar-refractivity contribution in [2.24, 2.45) is 0 Å². The van der Waals surface area contributed by atoms with Gasteiger partial charge in [0.25, 0.3) is 0 Å². The average Bonchev–Trinajstić information content (AvgIpc) is 3.25. The van der Waals surface area contributed by atoms with Crippen LogP contribution in [0.3, 0.4) is 0 Å². The SMILES string of the molecule is CC/C=C\C/C=C\C/C=C\C/C=C\C/C=C\CC(=O)OCC(COCCCCCCCCCCCCCCCCCC)OC(=O)CCCCCCCCCCCCCCC. The van der Waals surface area contributed by atoms with E-state index < -0.39 is 6.10 Å². The van der Waals surface area contributed by atoms with Crippen LogP contribution in [0, 0.1) is 0 Å². The van der Waals surface area contributed by atoms with Gasteiger partial charge in [-0.1, -0.05) is 255 Å². The third-order valence-corrected chi connectivity index (χ3v) is 11.1. The fourth-order valence-corrected chi connectivity index (χ4v) is 7.29. The number of carbonyl (C=O) groups is 2. The van der Waals surface area contributed by atoms with Crippen molar-refractivity contribution in [3.8, 4) is 0 Å². The Morgan fingerprint density at radius 2 is 0.733 bits per heavy atom. The third kappa shape index (κ3) is 48.3. The van der Waals surface area contributed by atoms with E-state index in [9.17, 15) is 9.59 Å². The average molecular weight is 839 g/mol. The van der Waals surface area contributed by atoms with E-state index in [1.54, 1.807) is 0 Å². The van der Waals surface area contributed by atoms with Crippen LogP contribution >= 0.6 is 0 Å². The van der Waals surface area contributed by atoms with Gasteiger partial charge in [-0.2, -0.15) is 0 Å². The molecule has 0 heterocycles. The summed E-state index contributed by atoms with van der Waals surface area (Å²) in [5, 5.41) is 0. The molecule has 1 atom stereocenters. The van der Waals surface area contributed by atoms with Crippen molar-refractivity contribution in [3.05, 3.63) is 60.8 Å². The van der Waals surface area contributed by atoms with Crippen LogP contribution in [0.25, 0.3) is 0 Å². The minimum absolute atomic E-state index is 0.0346. The smallest absolute Gasteiger partial charge is 0.309 e. The van der Waals surface area contributed by atoms with E-state index in [4.69, 9.17) is 14.2 Å². The van der Waals surface area contributed by atoms with E-state index in [1.807, 2.05) is 12.2 Å². The molecule has 0 aromatic carbocycles. The normalized spacial score (nSPS) is 12.7. The van der Waals surface area contributed by atoms with Crippen molar-refractivity contribution < 1.29 is 23.8 Å². The molecule has 0 amide bonds. The Bertz CT molecular complexity index is 1040. The highest BCUT2D eigenvalue weighted by Gasteiger charge is 2.17. The summed E-state index contributed by atoms with van der Waals surface area (Å²) in [6.07, 6.45) is 64.0. The predicted molar refractivity (Wildman–Crippen MR) is 261 cm³/mol. The fourth-order valence-electron chi connectivity index (χ4n) is 7.29. The van der Waals surface area contributed by atoms with E-state index in [1.165, 1.54) is 161 Å². The minimum Gasteiger partial charge on any atom is -0.461 e. The molecule has 0 spiro atoms. The zero-order chi connectivity index (χ0) is 43.5. The van der Waals surface area contributed by atoms with E-state index in [2.05, 4.69) is 69.4 Å². The van der Waals surface area contributed by atoms with E-state index in [-0.39, 0.29) is 31.6 Å². The molecule has 0 aromatic rings. The maximum atomic E-state index is 12.8. The topological polar surface area (TPSA) is 61.8 Å². The molecule has 0 aliphatic heterocycles. The van der Waals surface area contributed by atoms with Gasteiger partial charge in [0.1, 0.15) is 6.61 Å². The van der Waals surface area contributed by atoms with Crippen LogP contribution in [-0.2, 0) is 23.8 Å². The fraction of sp³-hybridized carbons (Fsp3) is 0.782. The Balaban J connectivity index is 4.34. The van der Waals surface area contributed by atoms with Crippen molar-refractivity contribution in [2.45, 2.75) is 258 Å². The molecular weight excluding hydrogens is 741 g/mol. The van der Waals surface area contributed by atoms with E-state index in [0.29, 0.717) is 13.0 Å². The molecule has 0 aliphatic rings. The molecule has 5 nitrogen and oxygen atoms in total. The highest BCUT2D eigenvalue weighted by atomic mass is 16.6. The predicted octanol–water partition coefficient (Wildman–Crippen LogP) is 17.3. The number of carbonyl (C=O) groups excluding carboxylic acids is 2. The number of hydrogen-bond acceptors (Lipinski definition) is 5. The number of hydrogen-bond donors (Lipinski definition) is 0. The zero-order valence-corrected chi connectivity index (χ0v) is 40.0. The van der Waals surface area contributed by atoms with Gasteiger partial charge in [-0.15, -0.1) is 0 Å². The molecule has 0 saturated heterocycles. The number of allylic oxidation sites excluding steroid dienone is 9. The Morgan fingerprint density at radius 3 is 1.13 bits per heavy atom. The molecule has 348 valence electrons. The monoisotopic (exact) mass is 839 g/mol. The first-order valence-electron chi connectivity index (χ1n) is 25.8. The van der Waals surface area contributed by atoms with Crippen LogP contribution < -0.4 is 0 Å². The summed E-state index contributed by atoms with van der Waals surface area (Å²) in [6, 6.07) is 0. The van der Waals surface area contributed by atoms with Gasteiger partial charge in [-0.3, -0.25) is 9.59 Å². The Hall–Kier alpha value is -2.40. The molecule has 0 aliphatic carbocycles. The second kappa shape index (κ2) is 51.0. The van der Waals surface area contributed by atoms with Crippen LogP contribution in [0.1, 0.15) is 252 Å². The lowest BCUT2D eigenvalue weighted by Gasteiger charge is -2.18. The Kier molecular flexibility index (Phi) is 48.9. The molecule has 1 unspecified atom stereocenters. The molecule has 0 saturated carbocycles. The van der Waals surface area contributed by atoms with Crippen molar-refractivity contribution >= 4 is 11.9 Å². The largest absolute Gasteiger partial charge is 0.461 e. The first-order chi connectivity index (χ1) is 29.6. The summed E-state index contributed by atoms with van der Waals surface area (Å²) in [5.41, 5.74) is 0. The maximum absolute atomic E-state index is 12.8. The molecule has 0 bridgehead atoms. The second-order valence-corrected chi connectivity index (χ2v) is 17.1. The van der Waals surface area contributed by atoms with Crippen molar-refractivity contribution in [3.63, 3.8) is 0 Å². The van der Waals surface area contributed by atoms with Gasteiger partial charge >= 0.3 is 11.9 Å². The third-order valence-electron chi connectivity index (χ3n) is 11.1. The van der Waals surface area contributed by atoms with Crippen molar-refractivity contribution in [1.82, 2.24) is 0 Å². The summed E-state index contributed by atoms with van der Waals surface area (Å²) >= 11 is 0. The first-order valence-corrected chi connectivity index (χ1v) is 25.8. The highest BCUT2D eigenvalue weighted by molar-refractivity contribution is 5.71. The summed E-state index contributed by atoms with van der Waals surface area (Å²) in [7, 11) is 0. The number of rotatable bonds is 47. The molecule has 5 heteroatoms. The van der Waals surface area contributed by atoms with Crippen LogP contribution in [0.5, 0.6) is 0 Å². The van der Waals surface area contributed by atoms with Gasteiger partial charge in [-0.25, -0.2) is 0 Å². The van der Waals surface area contributed by atoms with Crippen LogP contribution in [0.4, 0.5) is 0 Å². The minimum atomic E-state index is -0.571. The lowest BCUT2D eigenvalue weighted by molar-refractivity contribution is -0.162. The zero-order valence-electron chi connectivity index (χ0n) is 40.0. The molecule has 60 heavy (non-hydrogen) atoms. The first kappa shape index (κ1) is 57.6. The van der Waals surface area contributed by atoms with Crippen LogP contribution in [-0.4, -0.2) is 37.9 Å². The van der Waals surface area contributed by atoms with E-state index in [0.717, 1.165) is 57.8 Å². The second-order valence-electron chi connectivity index (χ2n) is 17.1. The van der Waals surface area contributed by atoms with Gasteiger partial charge in [0.15, 0.2) is 6.10 Å². The number of esters is 2. The molecular formula is C55H98O5. The van der Waals surface area contributed by atoms with Crippen LogP contribution in [0.2, 0.25) is 0 Å². The standard InChI is InChI=1S/C55H98O5/c1-4-7-10-13-16-19-22-25-27-29-32-35-38-41-44-47-50-58-51-53(60-55(57)49-46-43-40-37-34-30-24-21-18-15-12-9-6-3)52-59-54(56)48-45-42-39-36-33-31-28-26-23-20-17-14-11-8-5-2/h8,11,17,20,26,28,33,36,42,45,53H,4-7,9-10,12-16,18-19,21-25,27,29-32,34-35,37-41,43-44,46-52H2,1-3H3/b11-8-,20-17-,28-26-,36-33-,45-42-. The summed E-state index contributed by atoms with van der Waals surface area (Å²) in [5.74, 6) is -0.533. The van der Waals surface area contributed by atoms with Gasteiger partial charge in [-0.05, 0) is 44.9 Å². The molecule has 0 fully saturated rings. The molecule has 0 aromatic heterocycles. The number of unbranched alkanes of at least 4 members (excludes halogenated alkanes) is 27. The Labute approximate surface area is 373 Å². The lowest BCUT2D eigenvalue weighted by atomic mass is 10.0. The van der Waals surface area contributed by atoms with Crippen LogP contribution in [0.15, 0.2) is 60.8 Å². The van der Waals surface area contributed by atoms with Crippen molar-refractivity contribution in [1.29, 1.82) is 0 Å². The number of ether oxygens (including phenoxy) is 3. The molecule has 0 N–H and O–H groups in total. The van der Waals surface area contributed by atoms with Gasteiger partial charge < -0.3 is 14.2 Å². The maximum Gasteiger partial charge on any atom is 0.309 e. The van der Waals surface area contributed by atoms with Gasteiger partial charge in [0, 0.05) is 13.0 Å². The summed E-state index contributed by atoms with van der Waals surface area (Å²) in [4.78, 5) is 25.3. The lowest BCUT2D eigenvalue weighted by Crippen LogP contribution is -2.30. The van der Waals surface area contributed by atoms with Gasteiger partial charge in [0.2, 0.25) is 0 Å². The van der Waals surface area contributed by atoms with E-state index >= 15 is 0 Å². The summed E-state index contributed by atoms with van der Waals surface area (Å²) in [6.45, 7) is 7.64. The van der Waals surface area contributed by atoms with Crippen molar-refractivity contribution in [2.75, 3.05) is 19.8 Å². The molecule has 0 rings (SSSR count). The molecule has 0 radical (unpaired) electrons.